The molecule has 1 aliphatic carbocycles. The second-order valence-electron chi connectivity index (χ2n) is 6.74. The van der Waals surface area contributed by atoms with Gasteiger partial charge in [0.25, 0.3) is 11.8 Å². The van der Waals surface area contributed by atoms with E-state index in [1.54, 1.807) is 37.3 Å². The molecule has 1 saturated carbocycles. The Morgan fingerprint density at radius 1 is 1.11 bits per heavy atom. The first-order valence-electron chi connectivity index (χ1n) is 9.15. The Bertz CT molecular complexity index is 801. The van der Waals surface area contributed by atoms with Crippen molar-refractivity contribution in [3.05, 3.63) is 59.9 Å². The van der Waals surface area contributed by atoms with Crippen LogP contribution in [0.15, 0.2) is 48.5 Å². The molecule has 142 valence electrons. The highest BCUT2D eigenvalue weighted by molar-refractivity contribution is 5.97. The zero-order valence-electron chi connectivity index (χ0n) is 15.2. The maximum Gasteiger partial charge on any atom is 0.265 e. The molecule has 2 amide bonds. The van der Waals surface area contributed by atoms with Gasteiger partial charge >= 0.3 is 0 Å². The quantitative estimate of drug-likeness (QED) is 0.810. The van der Waals surface area contributed by atoms with Crippen molar-refractivity contribution in [1.82, 2.24) is 5.32 Å². The number of anilines is 1. The lowest BCUT2D eigenvalue weighted by Crippen LogP contribution is -2.32. The molecule has 5 nitrogen and oxygen atoms in total. The summed E-state index contributed by atoms with van der Waals surface area (Å²) in [6.45, 7) is 1.59. The standard InChI is InChI=1S/C21H23FN2O3/c1-14(27-19-8-4-5-16(22)13-19)20(25)23-18-11-9-15(10-12-18)21(26)24-17-6-2-3-7-17/h4-5,8-14,17H,2-3,6-7H2,1H3,(H,23,25)(H,24,26). The van der Waals surface area contributed by atoms with Crippen LogP contribution in [0.2, 0.25) is 0 Å². The number of nitrogens with one attached hydrogen (secondary N) is 2. The summed E-state index contributed by atoms with van der Waals surface area (Å²) in [5.41, 5.74) is 1.12. The van der Waals surface area contributed by atoms with E-state index in [1.807, 2.05) is 0 Å². The molecule has 0 spiro atoms. The lowest BCUT2D eigenvalue weighted by Gasteiger charge is -2.15. The van der Waals surface area contributed by atoms with Gasteiger partial charge in [0.2, 0.25) is 0 Å². The molecule has 0 saturated heterocycles. The molecule has 0 radical (unpaired) electrons. The Morgan fingerprint density at radius 2 is 1.81 bits per heavy atom. The van der Waals surface area contributed by atoms with E-state index in [9.17, 15) is 14.0 Å². The fourth-order valence-electron chi connectivity index (χ4n) is 3.09. The first-order valence-corrected chi connectivity index (χ1v) is 9.15. The Kier molecular flexibility index (Phi) is 6.06. The number of hydrogen-bond donors (Lipinski definition) is 2. The lowest BCUT2D eigenvalue weighted by molar-refractivity contribution is -0.122. The van der Waals surface area contributed by atoms with E-state index in [2.05, 4.69) is 10.6 Å². The topological polar surface area (TPSA) is 67.4 Å². The van der Waals surface area contributed by atoms with Crippen LogP contribution in [0.3, 0.4) is 0 Å². The third-order valence-corrected chi connectivity index (χ3v) is 4.58. The number of carbonyl (C=O) groups is 2. The van der Waals surface area contributed by atoms with Crippen LogP contribution in [0.25, 0.3) is 0 Å². The summed E-state index contributed by atoms with van der Waals surface area (Å²) in [7, 11) is 0. The van der Waals surface area contributed by atoms with Crippen LogP contribution in [0.5, 0.6) is 5.75 Å². The van der Waals surface area contributed by atoms with Gasteiger partial charge in [0.1, 0.15) is 11.6 Å². The largest absolute Gasteiger partial charge is 0.481 e. The van der Waals surface area contributed by atoms with E-state index in [0.29, 0.717) is 11.3 Å². The number of rotatable bonds is 6. The minimum absolute atomic E-state index is 0.0948. The Morgan fingerprint density at radius 3 is 2.48 bits per heavy atom. The normalized spacial score (nSPS) is 15.2. The van der Waals surface area contributed by atoms with Crippen molar-refractivity contribution in [3.63, 3.8) is 0 Å². The van der Waals surface area contributed by atoms with Crippen molar-refractivity contribution in [2.45, 2.75) is 44.8 Å². The smallest absolute Gasteiger partial charge is 0.265 e. The number of carbonyl (C=O) groups excluding carboxylic acids is 2. The maximum absolute atomic E-state index is 13.2. The van der Waals surface area contributed by atoms with Crippen LogP contribution in [-0.4, -0.2) is 24.0 Å². The summed E-state index contributed by atoms with van der Waals surface area (Å²) < 4.78 is 18.6. The van der Waals surface area contributed by atoms with Gasteiger partial charge in [-0.25, -0.2) is 4.39 Å². The first-order chi connectivity index (χ1) is 13.0. The van der Waals surface area contributed by atoms with E-state index in [0.717, 1.165) is 25.7 Å². The highest BCUT2D eigenvalue weighted by Crippen LogP contribution is 2.19. The van der Waals surface area contributed by atoms with E-state index in [4.69, 9.17) is 4.74 Å². The van der Waals surface area contributed by atoms with Crippen LogP contribution < -0.4 is 15.4 Å². The molecule has 2 aromatic rings. The van der Waals surface area contributed by atoms with Crippen molar-refractivity contribution < 1.29 is 18.7 Å². The van der Waals surface area contributed by atoms with Gasteiger partial charge in [0.05, 0.1) is 0 Å². The molecule has 1 unspecified atom stereocenters. The predicted molar refractivity (Wildman–Crippen MR) is 101 cm³/mol. The predicted octanol–water partition coefficient (Wildman–Crippen LogP) is 3.90. The van der Waals surface area contributed by atoms with E-state index in [-0.39, 0.29) is 23.6 Å². The van der Waals surface area contributed by atoms with Gasteiger partial charge in [-0.1, -0.05) is 18.9 Å². The molecule has 1 aliphatic rings. The average molecular weight is 370 g/mol. The summed E-state index contributed by atoms with van der Waals surface area (Å²) >= 11 is 0. The van der Waals surface area contributed by atoms with Gasteiger partial charge < -0.3 is 15.4 Å². The number of amides is 2. The van der Waals surface area contributed by atoms with Crippen LogP contribution in [0.4, 0.5) is 10.1 Å². The zero-order valence-corrected chi connectivity index (χ0v) is 15.2. The zero-order chi connectivity index (χ0) is 19.2. The fourth-order valence-corrected chi connectivity index (χ4v) is 3.09. The maximum atomic E-state index is 13.2. The Hall–Kier alpha value is -2.89. The number of halogens is 1. The van der Waals surface area contributed by atoms with Crippen LogP contribution in [-0.2, 0) is 4.79 Å². The van der Waals surface area contributed by atoms with Crippen molar-refractivity contribution in [2.24, 2.45) is 0 Å². The Balaban J connectivity index is 1.53. The van der Waals surface area contributed by atoms with Gasteiger partial charge in [-0.3, -0.25) is 9.59 Å². The number of benzene rings is 2. The van der Waals surface area contributed by atoms with Crippen molar-refractivity contribution in [3.8, 4) is 5.75 Å². The fraction of sp³-hybridized carbons (Fsp3) is 0.333. The van der Waals surface area contributed by atoms with Crippen molar-refractivity contribution in [1.29, 1.82) is 0 Å². The summed E-state index contributed by atoms with van der Waals surface area (Å²) in [6.07, 6.45) is 3.58. The summed E-state index contributed by atoms with van der Waals surface area (Å²) in [5, 5.41) is 5.75. The van der Waals surface area contributed by atoms with Gasteiger partial charge in [0, 0.05) is 23.4 Å². The molecule has 2 N–H and O–H groups in total. The highest BCUT2D eigenvalue weighted by atomic mass is 19.1. The van der Waals surface area contributed by atoms with Gasteiger partial charge in [0.15, 0.2) is 6.10 Å². The third-order valence-electron chi connectivity index (χ3n) is 4.58. The van der Waals surface area contributed by atoms with Crippen LogP contribution >= 0.6 is 0 Å². The summed E-state index contributed by atoms with van der Waals surface area (Å²) in [4.78, 5) is 24.5. The van der Waals surface area contributed by atoms with Crippen molar-refractivity contribution >= 4 is 17.5 Å². The minimum Gasteiger partial charge on any atom is -0.481 e. The summed E-state index contributed by atoms with van der Waals surface area (Å²) in [5.74, 6) is -0.590. The lowest BCUT2D eigenvalue weighted by atomic mass is 10.1. The van der Waals surface area contributed by atoms with E-state index < -0.39 is 11.9 Å². The Labute approximate surface area is 157 Å². The molecule has 6 heteroatoms. The minimum atomic E-state index is -0.794. The SMILES string of the molecule is CC(Oc1cccc(F)c1)C(=O)Nc1ccc(C(=O)NC2CCCC2)cc1. The van der Waals surface area contributed by atoms with Crippen LogP contribution in [0.1, 0.15) is 43.0 Å². The monoisotopic (exact) mass is 370 g/mol. The molecule has 0 bridgehead atoms. The molecule has 27 heavy (non-hydrogen) atoms. The van der Waals surface area contributed by atoms with Crippen molar-refractivity contribution in [2.75, 3.05) is 5.32 Å². The van der Waals surface area contributed by atoms with Gasteiger partial charge in [-0.05, 0) is 56.2 Å². The van der Waals surface area contributed by atoms with E-state index in [1.165, 1.54) is 18.2 Å². The molecule has 0 heterocycles. The number of ether oxygens (including phenoxy) is 1. The van der Waals surface area contributed by atoms with E-state index >= 15 is 0 Å². The second kappa shape index (κ2) is 8.66. The molecule has 0 aliphatic heterocycles. The first kappa shape index (κ1) is 18.9. The molecule has 0 aromatic heterocycles. The molecule has 3 rings (SSSR count). The second-order valence-corrected chi connectivity index (χ2v) is 6.74. The average Bonchev–Trinajstić information content (AvgIpc) is 3.15. The molecule has 1 atom stereocenters. The highest BCUT2D eigenvalue weighted by Gasteiger charge is 2.18. The molecular weight excluding hydrogens is 347 g/mol. The van der Waals surface area contributed by atoms with Gasteiger partial charge in [-0.2, -0.15) is 0 Å². The van der Waals surface area contributed by atoms with Crippen LogP contribution in [0, 0.1) is 5.82 Å². The van der Waals surface area contributed by atoms with Gasteiger partial charge in [-0.15, -0.1) is 0 Å². The molecule has 2 aromatic carbocycles. The number of hydrogen-bond acceptors (Lipinski definition) is 3. The summed E-state index contributed by atoms with van der Waals surface area (Å²) in [6, 6.07) is 12.6. The molecule has 1 fully saturated rings. The molecular formula is C21H23FN2O3. The third kappa shape index (κ3) is 5.29.